The first kappa shape index (κ1) is 21.6. The summed E-state index contributed by atoms with van der Waals surface area (Å²) in [6.45, 7) is 0.410. The van der Waals surface area contributed by atoms with Gasteiger partial charge in [-0.1, -0.05) is 11.6 Å². The molecule has 12 heteroatoms. The van der Waals surface area contributed by atoms with Crippen molar-refractivity contribution >= 4 is 34.9 Å². The number of nitrogens with zero attached hydrogens (tertiary/aromatic N) is 4. The van der Waals surface area contributed by atoms with Crippen molar-refractivity contribution in [3.8, 4) is 5.69 Å². The van der Waals surface area contributed by atoms with E-state index in [4.69, 9.17) is 17.3 Å². The maximum absolute atomic E-state index is 14.2. The summed E-state index contributed by atoms with van der Waals surface area (Å²) in [6.07, 6.45) is -0.710. The highest BCUT2D eigenvalue weighted by atomic mass is 35.5. The first-order chi connectivity index (χ1) is 15.2. The fourth-order valence-electron chi connectivity index (χ4n) is 3.27. The lowest BCUT2D eigenvalue weighted by atomic mass is 10.2. The Bertz CT molecular complexity index is 1200. The predicted molar refractivity (Wildman–Crippen MR) is 110 cm³/mol. The Morgan fingerprint density at radius 1 is 1.09 bits per heavy atom. The van der Waals surface area contributed by atoms with E-state index in [0.717, 1.165) is 12.1 Å². The number of rotatable bonds is 5. The molecule has 0 aliphatic carbocycles. The second-order valence-electron chi connectivity index (χ2n) is 7.08. The summed E-state index contributed by atoms with van der Waals surface area (Å²) >= 11 is 5.83. The van der Waals surface area contributed by atoms with Gasteiger partial charge in [-0.25, -0.2) is 13.2 Å². The number of aromatic nitrogens is 3. The quantitative estimate of drug-likeness (QED) is 0.564. The molecule has 2 aromatic carbocycles. The molecule has 2 amide bonds. The topological polar surface area (TPSA) is 106 Å². The zero-order chi connectivity index (χ0) is 23.0. The molecule has 1 atom stereocenters. The molecule has 3 N–H and O–H groups in total. The van der Waals surface area contributed by atoms with Crippen LogP contribution in [0.15, 0.2) is 36.4 Å². The van der Waals surface area contributed by atoms with E-state index in [2.05, 4.69) is 15.5 Å². The first-order valence-corrected chi connectivity index (χ1v) is 9.84. The number of nitrogens with two attached hydrogens (primary N) is 1. The van der Waals surface area contributed by atoms with Crippen molar-refractivity contribution in [3.63, 3.8) is 0 Å². The Balaban J connectivity index is 1.60. The molecule has 0 saturated carbocycles. The van der Waals surface area contributed by atoms with Gasteiger partial charge in [0, 0.05) is 17.8 Å². The summed E-state index contributed by atoms with van der Waals surface area (Å²) in [4.78, 5) is 26.3. The van der Waals surface area contributed by atoms with Crippen LogP contribution in [0.4, 0.5) is 24.7 Å². The molecular weight excluding hydrogens is 449 g/mol. The van der Waals surface area contributed by atoms with Gasteiger partial charge in [-0.3, -0.25) is 9.59 Å². The molecular formula is C20H16ClF3N6O2. The molecule has 0 radical (unpaired) electrons. The number of halogens is 4. The number of carbonyl (C=O) groups excluding carboxylic acids is 2. The fourth-order valence-corrected chi connectivity index (χ4v) is 3.50. The normalized spacial score (nSPS) is 15.8. The smallest absolute Gasteiger partial charge is 0.273 e. The Kier molecular flexibility index (Phi) is 5.74. The number of nitrogens with one attached hydrogen (secondary N) is 1. The van der Waals surface area contributed by atoms with Gasteiger partial charge in [-0.2, -0.15) is 0 Å². The van der Waals surface area contributed by atoms with Gasteiger partial charge in [-0.15, -0.1) is 15.0 Å². The highest BCUT2D eigenvalue weighted by Crippen LogP contribution is 2.27. The van der Waals surface area contributed by atoms with Gasteiger partial charge in [-0.05, 0) is 42.8 Å². The lowest BCUT2D eigenvalue weighted by Crippen LogP contribution is -2.28. The van der Waals surface area contributed by atoms with E-state index in [1.54, 1.807) is 0 Å². The molecule has 2 heterocycles. The molecule has 1 aliphatic rings. The number of carbonyl (C=O) groups is 2. The number of hydrogen-bond acceptors (Lipinski definition) is 5. The number of hydrogen-bond donors (Lipinski definition) is 2. The molecule has 4 rings (SSSR count). The van der Waals surface area contributed by atoms with E-state index in [9.17, 15) is 22.8 Å². The molecule has 8 nitrogen and oxygen atoms in total. The Morgan fingerprint density at radius 3 is 2.41 bits per heavy atom. The van der Waals surface area contributed by atoms with E-state index >= 15 is 0 Å². The number of amides is 2. The van der Waals surface area contributed by atoms with E-state index in [-0.39, 0.29) is 24.0 Å². The minimum Gasteiger partial charge on any atom is -0.364 e. The highest BCUT2D eigenvalue weighted by Gasteiger charge is 2.27. The van der Waals surface area contributed by atoms with Crippen molar-refractivity contribution in [1.29, 1.82) is 0 Å². The third-order valence-corrected chi connectivity index (χ3v) is 5.24. The summed E-state index contributed by atoms with van der Waals surface area (Å²) < 4.78 is 41.3. The number of benzene rings is 2. The third kappa shape index (κ3) is 4.11. The number of likely N-dealkylation sites (tertiary alicyclic amines) is 1. The van der Waals surface area contributed by atoms with Crippen LogP contribution in [-0.4, -0.2) is 51.0 Å². The lowest BCUT2D eigenvalue weighted by molar-refractivity contribution is 0.0782. The van der Waals surface area contributed by atoms with Crippen molar-refractivity contribution in [3.05, 3.63) is 64.3 Å². The average Bonchev–Trinajstić information content (AvgIpc) is 3.38. The van der Waals surface area contributed by atoms with Crippen molar-refractivity contribution < 1.29 is 22.8 Å². The van der Waals surface area contributed by atoms with Crippen LogP contribution in [-0.2, 0) is 0 Å². The van der Waals surface area contributed by atoms with Gasteiger partial charge < -0.3 is 16.0 Å². The van der Waals surface area contributed by atoms with Gasteiger partial charge in [0.15, 0.2) is 17.3 Å². The van der Waals surface area contributed by atoms with Gasteiger partial charge in [0.1, 0.15) is 22.7 Å². The average molecular weight is 465 g/mol. The van der Waals surface area contributed by atoms with Crippen molar-refractivity contribution in [2.24, 2.45) is 5.73 Å². The van der Waals surface area contributed by atoms with E-state index < -0.39 is 34.4 Å². The zero-order valence-corrected chi connectivity index (χ0v) is 17.1. The summed E-state index contributed by atoms with van der Waals surface area (Å²) in [5, 5.41) is 10.0. The van der Waals surface area contributed by atoms with Crippen molar-refractivity contribution in [2.75, 3.05) is 18.4 Å². The zero-order valence-electron chi connectivity index (χ0n) is 16.4. The molecule has 0 spiro atoms. The lowest BCUT2D eigenvalue weighted by Gasteiger charge is -2.15. The van der Waals surface area contributed by atoms with E-state index in [1.807, 2.05) is 0 Å². The van der Waals surface area contributed by atoms with Gasteiger partial charge in [0.25, 0.3) is 11.8 Å². The standard InChI is InChI=1S/C20H16ClF3N6O2/c21-15-13(23)5-6-14(24)17(15)30-27-16(18(25)31)19(28-30)26-12-3-1-10(2-4-12)20(32)29-8-7-11(22)9-29/h1-6,11H,7-9H2,(H2,25,31)(H,26,28)/t11-/m1/s1. The number of alkyl halides is 1. The highest BCUT2D eigenvalue weighted by molar-refractivity contribution is 6.32. The SMILES string of the molecule is NC(=O)c1nn(-c2c(F)ccc(F)c2Cl)nc1Nc1ccc(C(=O)N2CC[C@@H](F)C2)cc1. The van der Waals surface area contributed by atoms with Crippen LogP contribution in [0.3, 0.4) is 0 Å². The molecule has 0 bridgehead atoms. The Labute approximate surface area is 184 Å². The maximum Gasteiger partial charge on any atom is 0.273 e. The van der Waals surface area contributed by atoms with Crippen LogP contribution in [0.2, 0.25) is 5.02 Å². The Hall–Kier alpha value is -3.60. The molecule has 1 fully saturated rings. The van der Waals surface area contributed by atoms with Crippen LogP contribution in [0.25, 0.3) is 5.69 Å². The third-order valence-electron chi connectivity index (χ3n) is 4.88. The molecule has 3 aromatic rings. The molecule has 1 saturated heterocycles. The number of anilines is 2. The van der Waals surface area contributed by atoms with Gasteiger partial charge in [0.2, 0.25) is 0 Å². The fraction of sp³-hybridized carbons (Fsp3) is 0.200. The second kappa shape index (κ2) is 8.50. The molecule has 32 heavy (non-hydrogen) atoms. The predicted octanol–water partition coefficient (Wildman–Crippen LogP) is 3.23. The second-order valence-corrected chi connectivity index (χ2v) is 7.46. The summed E-state index contributed by atoms with van der Waals surface area (Å²) in [5.74, 6) is -3.19. The van der Waals surface area contributed by atoms with Crippen LogP contribution in [0.5, 0.6) is 0 Å². The van der Waals surface area contributed by atoms with Crippen molar-refractivity contribution in [2.45, 2.75) is 12.6 Å². The minimum atomic E-state index is -1.02. The maximum atomic E-state index is 14.2. The van der Waals surface area contributed by atoms with Gasteiger partial charge >= 0.3 is 0 Å². The molecule has 166 valence electrons. The largest absolute Gasteiger partial charge is 0.364 e. The molecule has 0 unspecified atom stereocenters. The molecule has 1 aromatic heterocycles. The van der Waals surface area contributed by atoms with Gasteiger partial charge in [0.05, 0.1) is 6.54 Å². The van der Waals surface area contributed by atoms with E-state index in [0.29, 0.717) is 29.0 Å². The Morgan fingerprint density at radius 2 is 1.78 bits per heavy atom. The number of primary amides is 1. The van der Waals surface area contributed by atoms with E-state index in [1.165, 1.54) is 29.2 Å². The van der Waals surface area contributed by atoms with Crippen molar-refractivity contribution in [1.82, 2.24) is 19.9 Å². The monoisotopic (exact) mass is 464 g/mol. The first-order valence-electron chi connectivity index (χ1n) is 9.46. The van der Waals surface area contributed by atoms with Crippen LogP contribution < -0.4 is 11.1 Å². The summed E-state index contributed by atoms with van der Waals surface area (Å²) in [7, 11) is 0. The van der Waals surface area contributed by atoms with Crippen LogP contribution in [0, 0.1) is 11.6 Å². The minimum absolute atomic E-state index is 0.0586. The summed E-state index contributed by atoms with van der Waals surface area (Å²) in [5.41, 5.74) is 5.28. The van der Waals surface area contributed by atoms with Crippen LogP contribution in [0.1, 0.15) is 27.3 Å². The van der Waals surface area contributed by atoms with Crippen LogP contribution >= 0.6 is 11.6 Å². The molecule has 1 aliphatic heterocycles. The summed E-state index contributed by atoms with van der Waals surface area (Å²) in [6, 6.07) is 7.81.